The number of hydrogen-bond donors (Lipinski definition) is 1. The van der Waals surface area contributed by atoms with E-state index in [0.717, 1.165) is 5.56 Å². The van der Waals surface area contributed by atoms with Crippen molar-refractivity contribution in [1.82, 2.24) is 20.2 Å². The Labute approximate surface area is 137 Å². The average Bonchev–Trinajstić information content (AvgIpc) is 3.04. The maximum atomic E-state index is 14.2. The SMILES string of the molecule is Fc1ccccc1[C@@H]1C[C@@H](c2ccc(Cl)cc2)Nc2nnnn21. The highest BCUT2D eigenvalue weighted by atomic mass is 35.5. The van der Waals surface area contributed by atoms with Crippen LogP contribution in [0.25, 0.3) is 0 Å². The minimum Gasteiger partial charge on any atom is -0.346 e. The van der Waals surface area contributed by atoms with Gasteiger partial charge in [0.1, 0.15) is 5.82 Å². The Morgan fingerprint density at radius 3 is 2.70 bits per heavy atom. The third-order valence-corrected chi connectivity index (χ3v) is 4.34. The van der Waals surface area contributed by atoms with Gasteiger partial charge in [-0.3, -0.25) is 0 Å². The molecule has 0 amide bonds. The number of anilines is 1. The zero-order valence-corrected chi connectivity index (χ0v) is 12.8. The highest BCUT2D eigenvalue weighted by Gasteiger charge is 2.31. The Bertz CT molecular complexity index is 832. The molecule has 5 nitrogen and oxygen atoms in total. The van der Waals surface area contributed by atoms with Gasteiger partial charge in [0.25, 0.3) is 0 Å². The predicted molar refractivity (Wildman–Crippen MR) is 84.8 cm³/mol. The summed E-state index contributed by atoms with van der Waals surface area (Å²) in [7, 11) is 0. The van der Waals surface area contributed by atoms with Crippen molar-refractivity contribution in [1.29, 1.82) is 0 Å². The third kappa shape index (κ3) is 2.55. The molecular formula is C16H13ClFN5. The summed E-state index contributed by atoms with van der Waals surface area (Å²) < 4.78 is 15.9. The molecule has 0 saturated heterocycles. The molecule has 0 spiro atoms. The molecule has 0 unspecified atom stereocenters. The van der Waals surface area contributed by atoms with Gasteiger partial charge in [0.05, 0.1) is 12.1 Å². The van der Waals surface area contributed by atoms with Crippen LogP contribution in [-0.4, -0.2) is 20.2 Å². The van der Waals surface area contributed by atoms with E-state index in [1.54, 1.807) is 16.8 Å². The minimum absolute atomic E-state index is 0.0182. The molecule has 1 N–H and O–H groups in total. The molecule has 0 bridgehead atoms. The van der Waals surface area contributed by atoms with Gasteiger partial charge in [-0.05, 0) is 40.6 Å². The molecule has 1 aliphatic rings. The number of fused-ring (bicyclic) bond motifs is 1. The van der Waals surface area contributed by atoms with Crippen molar-refractivity contribution in [3.63, 3.8) is 0 Å². The molecule has 0 fully saturated rings. The summed E-state index contributed by atoms with van der Waals surface area (Å²) >= 11 is 5.95. The third-order valence-electron chi connectivity index (χ3n) is 4.09. The first-order valence-corrected chi connectivity index (χ1v) is 7.64. The number of aromatic nitrogens is 4. The lowest BCUT2D eigenvalue weighted by Crippen LogP contribution is -2.28. The molecule has 7 heteroatoms. The lowest BCUT2D eigenvalue weighted by Gasteiger charge is -2.31. The molecule has 2 atom stereocenters. The maximum absolute atomic E-state index is 14.2. The summed E-state index contributed by atoms with van der Waals surface area (Å²) in [5.41, 5.74) is 1.64. The highest BCUT2D eigenvalue weighted by molar-refractivity contribution is 6.30. The largest absolute Gasteiger partial charge is 0.346 e. The number of nitrogens with zero attached hydrogens (tertiary/aromatic N) is 4. The standard InChI is InChI=1S/C16H13ClFN5/c17-11-7-5-10(6-8-11)14-9-15(12-3-1-2-4-13(12)18)23-16(19-14)20-21-22-23/h1-8,14-15H,9H2,(H,19,20,22)/t14-,15-/m0/s1. The maximum Gasteiger partial charge on any atom is 0.243 e. The van der Waals surface area contributed by atoms with Gasteiger partial charge in [-0.25, -0.2) is 9.07 Å². The van der Waals surface area contributed by atoms with Crippen LogP contribution in [-0.2, 0) is 0 Å². The number of benzene rings is 2. The van der Waals surface area contributed by atoms with Crippen molar-refractivity contribution < 1.29 is 4.39 Å². The molecule has 0 saturated carbocycles. The van der Waals surface area contributed by atoms with Gasteiger partial charge < -0.3 is 5.32 Å². The summed E-state index contributed by atoms with van der Waals surface area (Å²) in [5.74, 6) is 0.278. The number of halogens is 2. The Morgan fingerprint density at radius 1 is 1.13 bits per heavy atom. The second-order valence-electron chi connectivity index (χ2n) is 5.47. The summed E-state index contributed by atoms with van der Waals surface area (Å²) in [6.07, 6.45) is 0.639. The predicted octanol–water partition coefficient (Wildman–Crippen LogP) is 3.61. The Kier molecular flexibility index (Phi) is 3.46. The molecule has 1 aromatic heterocycles. The van der Waals surface area contributed by atoms with Crippen molar-refractivity contribution >= 4 is 17.5 Å². The summed E-state index contributed by atoms with van der Waals surface area (Å²) in [5, 5.41) is 15.7. The fourth-order valence-electron chi connectivity index (χ4n) is 2.96. The van der Waals surface area contributed by atoms with Gasteiger partial charge in [-0.15, -0.1) is 0 Å². The first-order chi connectivity index (χ1) is 11.2. The first-order valence-electron chi connectivity index (χ1n) is 7.26. The van der Waals surface area contributed by atoms with E-state index in [-0.39, 0.29) is 17.9 Å². The van der Waals surface area contributed by atoms with Crippen LogP contribution in [0.1, 0.15) is 29.6 Å². The van der Waals surface area contributed by atoms with E-state index in [0.29, 0.717) is 23.0 Å². The van der Waals surface area contributed by atoms with Gasteiger partial charge in [0, 0.05) is 10.6 Å². The highest BCUT2D eigenvalue weighted by Crippen LogP contribution is 2.37. The van der Waals surface area contributed by atoms with E-state index >= 15 is 0 Å². The molecule has 116 valence electrons. The van der Waals surface area contributed by atoms with Crippen molar-refractivity contribution in [2.45, 2.75) is 18.5 Å². The molecule has 2 aromatic carbocycles. The second-order valence-corrected chi connectivity index (χ2v) is 5.90. The van der Waals surface area contributed by atoms with Crippen molar-refractivity contribution in [2.24, 2.45) is 0 Å². The molecule has 0 aliphatic carbocycles. The van der Waals surface area contributed by atoms with Crippen LogP contribution in [0.4, 0.5) is 10.3 Å². The number of tetrazole rings is 1. The molecular weight excluding hydrogens is 317 g/mol. The Morgan fingerprint density at radius 2 is 1.91 bits per heavy atom. The molecule has 1 aliphatic heterocycles. The van der Waals surface area contributed by atoms with Gasteiger partial charge in [-0.1, -0.05) is 47.0 Å². The minimum atomic E-state index is -0.261. The smallest absolute Gasteiger partial charge is 0.243 e. The van der Waals surface area contributed by atoms with E-state index < -0.39 is 0 Å². The molecule has 23 heavy (non-hydrogen) atoms. The lowest BCUT2D eigenvalue weighted by molar-refractivity contribution is 0.409. The normalized spacial score (nSPS) is 19.9. The molecule has 2 heterocycles. The second kappa shape index (κ2) is 5.62. The summed E-state index contributed by atoms with van der Waals surface area (Å²) in [6, 6.07) is 14.0. The zero-order chi connectivity index (χ0) is 15.8. The quantitative estimate of drug-likeness (QED) is 0.780. The molecule has 3 aromatic rings. The van der Waals surface area contributed by atoms with Crippen LogP contribution in [0, 0.1) is 5.82 Å². The lowest BCUT2D eigenvalue weighted by atomic mass is 9.93. The number of hydrogen-bond acceptors (Lipinski definition) is 4. The van der Waals surface area contributed by atoms with Crippen LogP contribution in [0.2, 0.25) is 5.02 Å². The van der Waals surface area contributed by atoms with Crippen LogP contribution >= 0.6 is 11.6 Å². The Balaban J connectivity index is 1.75. The summed E-state index contributed by atoms with van der Waals surface area (Å²) in [4.78, 5) is 0. The van der Waals surface area contributed by atoms with Gasteiger partial charge >= 0.3 is 0 Å². The summed E-state index contributed by atoms with van der Waals surface area (Å²) in [6.45, 7) is 0. The fraction of sp³-hybridized carbons (Fsp3) is 0.188. The van der Waals surface area contributed by atoms with Crippen LogP contribution < -0.4 is 5.32 Å². The fourth-order valence-corrected chi connectivity index (χ4v) is 3.08. The monoisotopic (exact) mass is 329 g/mol. The van der Waals surface area contributed by atoms with Crippen molar-refractivity contribution in [3.05, 3.63) is 70.5 Å². The van der Waals surface area contributed by atoms with Crippen LogP contribution in [0.15, 0.2) is 48.5 Å². The van der Waals surface area contributed by atoms with E-state index in [2.05, 4.69) is 20.8 Å². The van der Waals surface area contributed by atoms with E-state index in [9.17, 15) is 4.39 Å². The van der Waals surface area contributed by atoms with Crippen LogP contribution in [0.5, 0.6) is 0 Å². The van der Waals surface area contributed by atoms with Gasteiger partial charge in [0.2, 0.25) is 5.95 Å². The number of nitrogens with one attached hydrogen (secondary N) is 1. The van der Waals surface area contributed by atoms with Crippen molar-refractivity contribution in [2.75, 3.05) is 5.32 Å². The van der Waals surface area contributed by atoms with E-state index in [1.165, 1.54) is 6.07 Å². The zero-order valence-electron chi connectivity index (χ0n) is 12.0. The average molecular weight is 330 g/mol. The van der Waals surface area contributed by atoms with Crippen LogP contribution in [0.3, 0.4) is 0 Å². The van der Waals surface area contributed by atoms with E-state index in [4.69, 9.17) is 11.6 Å². The van der Waals surface area contributed by atoms with E-state index in [1.807, 2.05) is 30.3 Å². The van der Waals surface area contributed by atoms with Gasteiger partial charge in [-0.2, -0.15) is 0 Å². The number of rotatable bonds is 2. The first kappa shape index (κ1) is 14.1. The van der Waals surface area contributed by atoms with Crippen molar-refractivity contribution in [3.8, 4) is 0 Å². The van der Waals surface area contributed by atoms with Gasteiger partial charge in [0.15, 0.2) is 0 Å². The topological polar surface area (TPSA) is 55.6 Å². The Hall–Kier alpha value is -2.47. The molecule has 4 rings (SSSR count). The molecule has 0 radical (unpaired) electrons.